The first-order valence-corrected chi connectivity index (χ1v) is 6.36. The number of H-pyrrole nitrogens is 1. The van der Waals surface area contributed by atoms with Gasteiger partial charge in [0.05, 0.1) is 0 Å². The molecule has 0 spiro atoms. The molecule has 2 aromatic heterocycles. The minimum absolute atomic E-state index is 0.380. The van der Waals surface area contributed by atoms with Crippen LogP contribution in [0.25, 0.3) is 5.82 Å². The van der Waals surface area contributed by atoms with Crippen molar-refractivity contribution in [1.82, 2.24) is 25.1 Å². The van der Waals surface area contributed by atoms with Crippen molar-refractivity contribution in [1.29, 1.82) is 0 Å². The fourth-order valence-corrected chi connectivity index (χ4v) is 2.11. The third-order valence-electron chi connectivity index (χ3n) is 3.15. The molecule has 3 heterocycles. The van der Waals surface area contributed by atoms with Crippen LogP contribution in [0.3, 0.4) is 0 Å². The van der Waals surface area contributed by atoms with E-state index < -0.39 is 11.2 Å². The second-order valence-electron chi connectivity index (χ2n) is 4.47. The summed E-state index contributed by atoms with van der Waals surface area (Å²) in [6.45, 7) is 3.60. The highest BCUT2D eigenvalue weighted by Gasteiger charge is 2.12. The number of nitrogens with one attached hydrogen (secondary N) is 2. The molecular formula is C12H14N6O2. The monoisotopic (exact) mass is 274 g/mol. The molecule has 2 N–H and O–H groups in total. The summed E-state index contributed by atoms with van der Waals surface area (Å²) in [5.41, 5.74) is -0.960. The van der Waals surface area contributed by atoms with Crippen LogP contribution in [-0.2, 0) is 0 Å². The van der Waals surface area contributed by atoms with Gasteiger partial charge in [-0.15, -0.1) is 10.2 Å². The average Bonchev–Trinajstić information content (AvgIpc) is 2.48. The Morgan fingerprint density at radius 2 is 1.70 bits per heavy atom. The van der Waals surface area contributed by atoms with Crippen LogP contribution in [0.1, 0.15) is 0 Å². The van der Waals surface area contributed by atoms with Gasteiger partial charge in [-0.2, -0.15) is 0 Å². The number of aromatic nitrogens is 4. The van der Waals surface area contributed by atoms with E-state index in [1.165, 1.54) is 16.8 Å². The molecular weight excluding hydrogens is 260 g/mol. The molecule has 0 bridgehead atoms. The van der Waals surface area contributed by atoms with E-state index in [2.05, 4.69) is 25.4 Å². The number of rotatable bonds is 2. The van der Waals surface area contributed by atoms with E-state index in [-0.39, 0.29) is 0 Å². The van der Waals surface area contributed by atoms with E-state index in [1.807, 2.05) is 6.07 Å². The third kappa shape index (κ3) is 2.45. The number of nitrogens with zero attached hydrogens (tertiary/aromatic N) is 4. The topological polar surface area (TPSA) is 95.9 Å². The third-order valence-corrected chi connectivity index (χ3v) is 3.15. The molecule has 1 aliphatic heterocycles. The Kier molecular flexibility index (Phi) is 3.30. The van der Waals surface area contributed by atoms with Gasteiger partial charge in [0.1, 0.15) is 0 Å². The second-order valence-corrected chi connectivity index (χ2v) is 4.47. The summed E-state index contributed by atoms with van der Waals surface area (Å²) >= 11 is 0. The summed E-state index contributed by atoms with van der Waals surface area (Å²) < 4.78 is 1.25. The molecule has 1 fully saturated rings. The Bertz CT molecular complexity index is 699. The van der Waals surface area contributed by atoms with E-state index in [0.29, 0.717) is 5.82 Å². The molecule has 0 radical (unpaired) electrons. The lowest BCUT2D eigenvalue weighted by atomic mass is 10.3. The summed E-state index contributed by atoms with van der Waals surface area (Å²) in [4.78, 5) is 27.0. The molecule has 0 aromatic carbocycles. The summed E-state index contributed by atoms with van der Waals surface area (Å²) in [6.07, 6.45) is 1.38. The SMILES string of the molecule is O=c1ccn(-c2ccc(N3CCNCC3)nn2)c(=O)[nH]1. The van der Waals surface area contributed by atoms with Crippen molar-refractivity contribution in [3.63, 3.8) is 0 Å². The largest absolute Gasteiger partial charge is 0.353 e. The highest BCUT2D eigenvalue weighted by Crippen LogP contribution is 2.10. The second kappa shape index (κ2) is 5.25. The summed E-state index contributed by atoms with van der Waals surface area (Å²) in [7, 11) is 0. The van der Waals surface area contributed by atoms with Crippen LogP contribution in [-0.4, -0.2) is 45.9 Å². The highest BCUT2D eigenvalue weighted by atomic mass is 16.2. The van der Waals surface area contributed by atoms with Gasteiger partial charge in [-0.3, -0.25) is 14.3 Å². The maximum Gasteiger partial charge on any atom is 0.334 e. The minimum atomic E-state index is -0.526. The van der Waals surface area contributed by atoms with Crippen LogP contribution in [0, 0.1) is 0 Å². The van der Waals surface area contributed by atoms with Gasteiger partial charge >= 0.3 is 5.69 Å². The molecule has 20 heavy (non-hydrogen) atoms. The van der Waals surface area contributed by atoms with Crippen LogP contribution in [0.15, 0.2) is 34.0 Å². The lowest BCUT2D eigenvalue weighted by Gasteiger charge is -2.27. The van der Waals surface area contributed by atoms with Crippen molar-refractivity contribution >= 4 is 5.82 Å². The van der Waals surface area contributed by atoms with Gasteiger partial charge in [0.2, 0.25) is 0 Å². The maximum atomic E-state index is 11.6. The van der Waals surface area contributed by atoms with Crippen LogP contribution >= 0.6 is 0 Å². The molecule has 104 valence electrons. The van der Waals surface area contributed by atoms with Crippen LogP contribution in [0.5, 0.6) is 0 Å². The Morgan fingerprint density at radius 3 is 2.35 bits per heavy atom. The zero-order valence-electron chi connectivity index (χ0n) is 10.7. The summed E-state index contributed by atoms with van der Waals surface area (Å²) in [5, 5.41) is 11.4. The van der Waals surface area contributed by atoms with Crippen LogP contribution in [0.2, 0.25) is 0 Å². The Hall–Kier alpha value is -2.48. The van der Waals surface area contributed by atoms with Gasteiger partial charge in [0, 0.05) is 38.4 Å². The van der Waals surface area contributed by atoms with Crippen molar-refractivity contribution in [2.45, 2.75) is 0 Å². The predicted octanol–water partition coefficient (Wildman–Crippen LogP) is -1.27. The first-order valence-electron chi connectivity index (χ1n) is 6.36. The maximum absolute atomic E-state index is 11.6. The quantitative estimate of drug-likeness (QED) is 0.708. The number of hydrogen-bond acceptors (Lipinski definition) is 6. The van der Waals surface area contributed by atoms with Gasteiger partial charge in [-0.25, -0.2) is 4.79 Å². The number of aromatic amines is 1. The normalized spacial score (nSPS) is 15.3. The van der Waals surface area contributed by atoms with Crippen LogP contribution in [0.4, 0.5) is 5.82 Å². The van der Waals surface area contributed by atoms with Crippen molar-refractivity contribution in [2.75, 3.05) is 31.1 Å². The first-order chi connectivity index (χ1) is 9.74. The molecule has 0 atom stereocenters. The smallest absolute Gasteiger partial charge is 0.334 e. The molecule has 1 aliphatic rings. The zero-order chi connectivity index (χ0) is 13.9. The number of hydrogen-bond donors (Lipinski definition) is 2. The lowest BCUT2D eigenvalue weighted by molar-refractivity contribution is 0.582. The van der Waals surface area contributed by atoms with Crippen molar-refractivity contribution in [3.8, 4) is 5.82 Å². The number of anilines is 1. The first kappa shape index (κ1) is 12.5. The van der Waals surface area contributed by atoms with Gasteiger partial charge in [0.25, 0.3) is 5.56 Å². The molecule has 8 heteroatoms. The standard InChI is InChI=1S/C12H14N6O2/c19-11-3-6-18(12(20)14-11)10-2-1-9(15-16-10)17-7-4-13-5-8-17/h1-3,6,13H,4-5,7-8H2,(H,14,19,20). The highest BCUT2D eigenvalue weighted by molar-refractivity contribution is 5.40. The number of piperazine rings is 1. The Labute approximate surface area is 114 Å². The molecule has 0 aliphatic carbocycles. The Balaban J connectivity index is 1.89. The molecule has 1 saturated heterocycles. The lowest BCUT2D eigenvalue weighted by Crippen LogP contribution is -2.44. The molecule has 0 saturated carbocycles. The average molecular weight is 274 g/mol. The molecule has 3 rings (SSSR count). The van der Waals surface area contributed by atoms with Gasteiger partial charge in [-0.05, 0) is 12.1 Å². The van der Waals surface area contributed by atoms with Crippen molar-refractivity contribution in [3.05, 3.63) is 45.2 Å². The van der Waals surface area contributed by atoms with Crippen molar-refractivity contribution in [2.24, 2.45) is 0 Å². The van der Waals surface area contributed by atoms with E-state index >= 15 is 0 Å². The predicted molar refractivity (Wildman–Crippen MR) is 73.3 cm³/mol. The fourth-order valence-electron chi connectivity index (χ4n) is 2.11. The molecule has 2 aromatic rings. The minimum Gasteiger partial charge on any atom is -0.353 e. The van der Waals surface area contributed by atoms with Gasteiger partial charge in [-0.1, -0.05) is 0 Å². The Morgan fingerprint density at radius 1 is 1.00 bits per heavy atom. The summed E-state index contributed by atoms with van der Waals surface area (Å²) in [6, 6.07) is 4.81. The van der Waals surface area contributed by atoms with Crippen LogP contribution < -0.4 is 21.5 Å². The fraction of sp³-hybridized carbons (Fsp3) is 0.333. The van der Waals surface area contributed by atoms with E-state index in [0.717, 1.165) is 32.0 Å². The van der Waals surface area contributed by atoms with Gasteiger partial charge in [0.15, 0.2) is 11.6 Å². The van der Waals surface area contributed by atoms with E-state index in [4.69, 9.17) is 0 Å². The van der Waals surface area contributed by atoms with Gasteiger partial charge < -0.3 is 10.2 Å². The molecule has 0 unspecified atom stereocenters. The van der Waals surface area contributed by atoms with Crippen molar-refractivity contribution < 1.29 is 0 Å². The zero-order valence-corrected chi connectivity index (χ0v) is 10.7. The summed E-state index contributed by atoms with van der Waals surface area (Å²) in [5.74, 6) is 1.16. The van der Waals surface area contributed by atoms with E-state index in [1.54, 1.807) is 6.07 Å². The van der Waals surface area contributed by atoms with E-state index in [9.17, 15) is 9.59 Å². The molecule has 0 amide bonds. The molecule has 8 nitrogen and oxygen atoms in total.